The van der Waals surface area contributed by atoms with Gasteiger partial charge >= 0.3 is 5.97 Å². The van der Waals surface area contributed by atoms with Gasteiger partial charge in [0.25, 0.3) is 0 Å². The zero-order valence-electron chi connectivity index (χ0n) is 49.9. The minimum absolute atomic E-state index is 0.0105. The molecule has 7 unspecified atom stereocenters. The van der Waals surface area contributed by atoms with E-state index in [0.717, 1.165) is 96.3 Å². The van der Waals surface area contributed by atoms with Crippen LogP contribution in [0.25, 0.3) is 0 Å². The van der Waals surface area contributed by atoms with Gasteiger partial charge in [-0.2, -0.15) is 0 Å². The van der Waals surface area contributed by atoms with E-state index < -0.39 is 49.5 Å². The zero-order chi connectivity index (χ0) is 56.6. The van der Waals surface area contributed by atoms with Crippen LogP contribution in [0, 0.1) is 0 Å². The molecule has 1 fully saturated rings. The van der Waals surface area contributed by atoms with Crippen LogP contribution in [-0.4, -0.2) is 100 Å². The maximum Gasteiger partial charge on any atom is 0.305 e. The molecule has 1 aliphatic rings. The summed E-state index contributed by atoms with van der Waals surface area (Å²) in [6.07, 6.45) is 64.5. The highest BCUT2D eigenvalue weighted by Crippen LogP contribution is 2.23. The fourth-order valence-electron chi connectivity index (χ4n) is 9.62. The number of carbonyl (C=O) groups is 2. The first-order valence-electron chi connectivity index (χ1n) is 32.2. The molecule has 78 heavy (non-hydrogen) atoms. The first-order valence-corrected chi connectivity index (χ1v) is 32.2. The predicted molar refractivity (Wildman–Crippen MR) is 324 cm³/mol. The molecule has 1 saturated heterocycles. The molecule has 452 valence electrons. The van der Waals surface area contributed by atoms with Crippen molar-refractivity contribution in [2.45, 2.75) is 320 Å². The first-order chi connectivity index (χ1) is 38.2. The van der Waals surface area contributed by atoms with Gasteiger partial charge in [-0.15, -0.1) is 0 Å². The molecule has 1 rings (SSSR count). The first kappa shape index (κ1) is 73.1. The molecule has 0 saturated carbocycles. The third kappa shape index (κ3) is 44.8. The standard InChI is InChI=1S/C67H119NO10/c1-3-5-7-9-11-13-15-35-39-43-47-51-55-63(72)76-56-52-48-44-40-36-32-30-28-26-24-22-20-18-16-17-19-21-23-25-27-29-31-34-38-42-46-50-54-62(71)68-59(58-77-67-66(75)65(74)64(73)61(57-69)78-67)60(70)53-49-45-41-37-33-14-12-10-8-6-4-2/h8,10-11,13,16-17,20,22,33,37,49,53,59-61,64-67,69-70,73-75H,3-7,9,12,14-15,18-19,21,23-32,34-36,38-48,50-52,54-58H2,1-2H3,(H,68,71)/b10-8+,13-11-,17-16-,22-20-,37-33+,53-49+. The largest absolute Gasteiger partial charge is 0.466 e. The Morgan fingerprint density at radius 2 is 0.897 bits per heavy atom. The monoisotopic (exact) mass is 1100 g/mol. The Morgan fingerprint density at radius 3 is 1.40 bits per heavy atom. The highest BCUT2D eigenvalue weighted by molar-refractivity contribution is 5.76. The molecule has 0 aromatic carbocycles. The second kappa shape index (κ2) is 56.0. The number of aliphatic hydroxyl groups excluding tert-OH is 5. The summed E-state index contributed by atoms with van der Waals surface area (Å²) >= 11 is 0. The van der Waals surface area contributed by atoms with Crippen molar-refractivity contribution in [3.63, 3.8) is 0 Å². The maximum atomic E-state index is 13.0. The molecule has 7 atom stereocenters. The summed E-state index contributed by atoms with van der Waals surface area (Å²) in [4.78, 5) is 25.0. The maximum absolute atomic E-state index is 13.0. The lowest BCUT2D eigenvalue weighted by Gasteiger charge is -2.40. The average molecular weight is 1100 g/mol. The zero-order valence-corrected chi connectivity index (χ0v) is 49.9. The van der Waals surface area contributed by atoms with Crippen LogP contribution in [0.2, 0.25) is 0 Å². The molecule has 0 bridgehead atoms. The van der Waals surface area contributed by atoms with Gasteiger partial charge < -0.3 is 45.1 Å². The SMILES string of the molecule is CCC/C=C/CC/C=C/CC/C=C/C(O)C(COC1OC(CO)C(O)C(O)C1O)NC(=O)CCCCCCCCCCCCC/C=C\C/C=C\CCCCCCCCCCCOC(=O)CCCCCCC/C=C\CCCCC. The van der Waals surface area contributed by atoms with Gasteiger partial charge in [0.15, 0.2) is 6.29 Å². The number of hydrogen-bond donors (Lipinski definition) is 6. The lowest BCUT2D eigenvalue weighted by molar-refractivity contribution is -0.302. The molecular formula is C67H119NO10. The van der Waals surface area contributed by atoms with E-state index in [4.69, 9.17) is 14.2 Å². The quantitative estimate of drug-likeness (QED) is 0.0195. The number of nitrogens with one attached hydrogen (secondary N) is 1. The van der Waals surface area contributed by atoms with Crippen LogP contribution in [0.5, 0.6) is 0 Å². The lowest BCUT2D eigenvalue weighted by Crippen LogP contribution is -2.60. The molecule has 0 aromatic rings. The highest BCUT2D eigenvalue weighted by atomic mass is 16.7. The highest BCUT2D eigenvalue weighted by Gasteiger charge is 2.44. The van der Waals surface area contributed by atoms with Crippen molar-refractivity contribution in [2.24, 2.45) is 0 Å². The number of allylic oxidation sites excluding steroid dienone is 11. The van der Waals surface area contributed by atoms with Crippen molar-refractivity contribution in [3.05, 3.63) is 72.9 Å². The third-order valence-corrected chi connectivity index (χ3v) is 14.7. The molecule has 1 amide bonds. The number of unbranched alkanes of at least 4 members (excludes halogenated alkanes) is 31. The number of aliphatic hydroxyl groups is 5. The fraction of sp³-hybridized carbons (Fsp3) is 0.791. The summed E-state index contributed by atoms with van der Waals surface area (Å²) in [6.45, 7) is 4.22. The topological polar surface area (TPSA) is 175 Å². The van der Waals surface area contributed by atoms with E-state index in [-0.39, 0.29) is 18.5 Å². The van der Waals surface area contributed by atoms with Gasteiger partial charge in [-0.1, -0.05) is 228 Å². The van der Waals surface area contributed by atoms with E-state index in [1.54, 1.807) is 6.08 Å². The molecule has 1 aliphatic heterocycles. The van der Waals surface area contributed by atoms with Gasteiger partial charge in [-0.05, 0) is 109 Å². The third-order valence-electron chi connectivity index (χ3n) is 14.7. The van der Waals surface area contributed by atoms with E-state index in [1.807, 2.05) is 6.08 Å². The Labute approximate surface area is 477 Å². The van der Waals surface area contributed by atoms with Crippen molar-refractivity contribution in [3.8, 4) is 0 Å². The molecule has 1 heterocycles. The summed E-state index contributed by atoms with van der Waals surface area (Å²) in [5.41, 5.74) is 0. The van der Waals surface area contributed by atoms with Gasteiger partial charge in [0.2, 0.25) is 5.91 Å². The Kier molecular flexibility index (Phi) is 52.5. The predicted octanol–water partition coefficient (Wildman–Crippen LogP) is 15.6. The van der Waals surface area contributed by atoms with Crippen molar-refractivity contribution in [1.29, 1.82) is 0 Å². The Bertz CT molecular complexity index is 1520. The summed E-state index contributed by atoms with van der Waals surface area (Å²) < 4.78 is 16.7. The average Bonchev–Trinajstić information content (AvgIpc) is 3.44. The smallest absolute Gasteiger partial charge is 0.305 e. The van der Waals surface area contributed by atoms with Gasteiger partial charge in [-0.25, -0.2) is 0 Å². The molecule has 11 heteroatoms. The second-order valence-electron chi connectivity index (χ2n) is 22.1. The Balaban J connectivity index is 2.02. The Morgan fingerprint density at radius 1 is 0.474 bits per heavy atom. The molecule has 0 aromatic heterocycles. The lowest BCUT2D eigenvalue weighted by atomic mass is 9.99. The molecule has 0 radical (unpaired) electrons. The normalized spacial score (nSPS) is 19.0. The van der Waals surface area contributed by atoms with E-state index in [9.17, 15) is 35.1 Å². The van der Waals surface area contributed by atoms with Crippen molar-refractivity contribution in [2.75, 3.05) is 19.8 Å². The van der Waals surface area contributed by atoms with E-state index >= 15 is 0 Å². The summed E-state index contributed by atoms with van der Waals surface area (Å²) in [5.74, 6) is -0.213. The van der Waals surface area contributed by atoms with Gasteiger partial charge in [0.1, 0.15) is 24.4 Å². The van der Waals surface area contributed by atoms with Crippen molar-refractivity contribution < 1.29 is 49.3 Å². The van der Waals surface area contributed by atoms with Gasteiger partial charge in [-0.3, -0.25) is 9.59 Å². The number of rotatable bonds is 55. The summed E-state index contributed by atoms with van der Waals surface area (Å²) in [5, 5.41) is 54.3. The molecule has 0 spiro atoms. The number of esters is 1. The van der Waals surface area contributed by atoms with Crippen molar-refractivity contribution >= 4 is 11.9 Å². The van der Waals surface area contributed by atoms with Crippen LogP contribution < -0.4 is 5.32 Å². The van der Waals surface area contributed by atoms with Crippen LogP contribution in [0.15, 0.2) is 72.9 Å². The molecular weight excluding hydrogens is 979 g/mol. The summed E-state index contributed by atoms with van der Waals surface area (Å²) in [7, 11) is 0. The second-order valence-corrected chi connectivity index (χ2v) is 22.1. The molecule has 6 N–H and O–H groups in total. The van der Waals surface area contributed by atoms with Crippen LogP contribution in [0.1, 0.15) is 277 Å². The number of ether oxygens (including phenoxy) is 3. The fourth-order valence-corrected chi connectivity index (χ4v) is 9.62. The van der Waals surface area contributed by atoms with E-state index in [1.165, 1.54) is 154 Å². The van der Waals surface area contributed by atoms with Crippen LogP contribution in [-0.2, 0) is 23.8 Å². The van der Waals surface area contributed by atoms with E-state index in [2.05, 4.69) is 79.9 Å². The van der Waals surface area contributed by atoms with Crippen LogP contribution in [0.3, 0.4) is 0 Å². The Hall–Kier alpha value is -2.90. The van der Waals surface area contributed by atoms with Crippen molar-refractivity contribution in [1.82, 2.24) is 5.32 Å². The summed E-state index contributed by atoms with van der Waals surface area (Å²) in [6, 6.07) is -0.838. The number of hydrogen-bond acceptors (Lipinski definition) is 10. The minimum Gasteiger partial charge on any atom is -0.466 e. The van der Waals surface area contributed by atoms with Gasteiger partial charge in [0, 0.05) is 12.8 Å². The number of carbonyl (C=O) groups excluding carboxylic acids is 2. The van der Waals surface area contributed by atoms with Crippen LogP contribution >= 0.6 is 0 Å². The molecule has 11 nitrogen and oxygen atoms in total. The van der Waals surface area contributed by atoms with Gasteiger partial charge in [0.05, 0.1) is 32.0 Å². The minimum atomic E-state index is -1.58. The molecule has 0 aliphatic carbocycles. The number of amides is 1. The van der Waals surface area contributed by atoms with E-state index in [0.29, 0.717) is 19.4 Å². The van der Waals surface area contributed by atoms with Crippen LogP contribution in [0.4, 0.5) is 0 Å².